The normalized spacial score (nSPS) is 13.4. The fraction of sp³-hybridized carbons (Fsp3) is 0.278. The van der Waals surface area contributed by atoms with E-state index in [1.807, 2.05) is 6.07 Å². The average Bonchev–Trinajstić information content (AvgIpc) is 2.59. The fourth-order valence-corrected chi connectivity index (χ4v) is 2.92. The van der Waals surface area contributed by atoms with E-state index in [9.17, 15) is 13.6 Å². The summed E-state index contributed by atoms with van der Waals surface area (Å²) in [6.45, 7) is 0.650. The third-order valence-electron chi connectivity index (χ3n) is 4.18. The summed E-state index contributed by atoms with van der Waals surface area (Å²) in [5.41, 5.74) is 1.40. The molecule has 1 heterocycles. The van der Waals surface area contributed by atoms with Gasteiger partial charge < -0.3 is 14.4 Å². The van der Waals surface area contributed by atoms with Gasteiger partial charge in [0.1, 0.15) is 17.2 Å². The van der Waals surface area contributed by atoms with Crippen LogP contribution in [0.15, 0.2) is 30.3 Å². The van der Waals surface area contributed by atoms with Crippen LogP contribution in [0.3, 0.4) is 0 Å². The molecule has 0 fully saturated rings. The summed E-state index contributed by atoms with van der Waals surface area (Å²) in [5.74, 6) is -1.17. The molecule has 0 N–H and O–H groups in total. The van der Waals surface area contributed by atoms with Gasteiger partial charge in [0.05, 0.1) is 14.2 Å². The second kappa shape index (κ2) is 6.47. The summed E-state index contributed by atoms with van der Waals surface area (Å²) in [5, 5.41) is 0. The van der Waals surface area contributed by atoms with Crippen LogP contribution in [0.5, 0.6) is 11.5 Å². The standard InChI is InChI=1S/C18H17F2NO3/c1-23-15-8-11-6-7-21(10-12(11)9-16(15)24-2)18(22)17-13(19)4-3-5-14(17)20/h3-5,8-9H,6-7,10H2,1-2H3. The Kier molecular flexibility index (Phi) is 4.38. The monoisotopic (exact) mass is 333 g/mol. The van der Waals surface area contributed by atoms with E-state index in [1.165, 1.54) is 18.1 Å². The van der Waals surface area contributed by atoms with Crippen LogP contribution in [0.25, 0.3) is 0 Å². The minimum atomic E-state index is -0.849. The number of nitrogens with zero attached hydrogens (tertiary/aromatic N) is 1. The molecule has 2 aromatic rings. The molecule has 0 bridgehead atoms. The molecule has 0 saturated carbocycles. The number of fused-ring (bicyclic) bond motifs is 1. The first-order chi connectivity index (χ1) is 11.5. The van der Waals surface area contributed by atoms with E-state index in [1.54, 1.807) is 13.2 Å². The van der Waals surface area contributed by atoms with Crippen molar-refractivity contribution in [1.29, 1.82) is 0 Å². The molecule has 0 saturated heterocycles. The molecule has 1 aliphatic rings. The van der Waals surface area contributed by atoms with E-state index < -0.39 is 23.1 Å². The van der Waals surface area contributed by atoms with Crippen LogP contribution in [0.2, 0.25) is 0 Å². The summed E-state index contributed by atoms with van der Waals surface area (Å²) in [6.07, 6.45) is 0.581. The molecule has 126 valence electrons. The average molecular weight is 333 g/mol. The van der Waals surface area contributed by atoms with Crippen LogP contribution in [0.1, 0.15) is 21.5 Å². The van der Waals surface area contributed by atoms with Crippen LogP contribution in [0.4, 0.5) is 8.78 Å². The Morgan fingerprint density at radius 3 is 2.21 bits per heavy atom. The maximum absolute atomic E-state index is 13.8. The van der Waals surface area contributed by atoms with Gasteiger partial charge in [-0.05, 0) is 41.8 Å². The highest BCUT2D eigenvalue weighted by molar-refractivity contribution is 5.95. The highest BCUT2D eigenvalue weighted by atomic mass is 19.1. The lowest BCUT2D eigenvalue weighted by Crippen LogP contribution is -2.37. The Hall–Kier alpha value is -2.63. The number of hydrogen-bond donors (Lipinski definition) is 0. The number of rotatable bonds is 3. The summed E-state index contributed by atoms with van der Waals surface area (Å²) >= 11 is 0. The first-order valence-electron chi connectivity index (χ1n) is 7.52. The van der Waals surface area contributed by atoms with Gasteiger partial charge in [0.25, 0.3) is 5.91 Å². The van der Waals surface area contributed by atoms with Crippen LogP contribution in [0, 0.1) is 11.6 Å². The van der Waals surface area contributed by atoms with E-state index in [4.69, 9.17) is 9.47 Å². The van der Waals surface area contributed by atoms with Gasteiger partial charge in [-0.2, -0.15) is 0 Å². The maximum atomic E-state index is 13.8. The smallest absolute Gasteiger partial charge is 0.260 e. The number of amides is 1. The molecular weight excluding hydrogens is 316 g/mol. The molecule has 3 rings (SSSR count). The van der Waals surface area contributed by atoms with Crippen molar-refractivity contribution < 1.29 is 23.0 Å². The Labute approximate surface area is 138 Å². The Balaban J connectivity index is 1.91. The second-order valence-corrected chi connectivity index (χ2v) is 5.55. The van der Waals surface area contributed by atoms with Crippen molar-refractivity contribution in [3.63, 3.8) is 0 Å². The molecule has 1 aliphatic heterocycles. The van der Waals surface area contributed by atoms with E-state index in [2.05, 4.69) is 0 Å². The lowest BCUT2D eigenvalue weighted by molar-refractivity contribution is 0.0724. The van der Waals surface area contributed by atoms with Crippen molar-refractivity contribution in [2.75, 3.05) is 20.8 Å². The van der Waals surface area contributed by atoms with Crippen molar-refractivity contribution in [3.8, 4) is 11.5 Å². The summed E-state index contributed by atoms with van der Waals surface area (Å²) in [6, 6.07) is 7.08. The molecule has 24 heavy (non-hydrogen) atoms. The zero-order valence-corrected chi connectivity index (χ0v) is 13.4. The lowest BCUT2D eigenvalue weighted by Gasteiger charge is -2.30. The SMILES string of the molecule is COc1cc2c(cc1OC)CN(C(=O)c1c(F)cccc1F)CC2. The summed E-state index contributed by atoms with van der Waals surface area (Å²) in [7, 11) is 3.09. The maximum Gasteiger partial charge on any atom is 0.260 e. The molecule has 0 unspecified atom stereocenters. The fourth-order valence-electron chi connectivity index (χ4n) is 2.92. The number of ether oxygens (including phenoxy) is 2. The molecular formula is C18H17F2NO3. The lowest BCUT2D eigenvalue weighted by atomic mass is 9.98. The minimum absolute atomic E-state index is 0.266. The van der Waals surface area contributed by atoms with Crippen molar-refractivity contribution in [2.45, 2.75) is 13.0 Å². The van der Waals surface area contributed by atoms with E-state index >= 15 is 0 Å². The van der Waals surface area contributed by atoms with Crippen molar-refractivity contribution in [1.82, 2.24) is 4.90 Å². The quantitative estimate of drug-likeness (QED) is 0.866. The molecule has 4 nitrogen and oxygen atoms in total. The van der Waals surface area contributed by atoms with Gasteiger partial charge in [-0.15, -0.1) is 0 Å². The number of methoxy groups -OCH3 is 2. The summed E-state index contributed by atoms with van der Waals surface area (Å²) in [4.78, 5) is 14.0. The van der Waals surface area contributed by atoms with Gasteiger partial charge in [-0.25, -0.2) is 8.78 Å². The zero-order chi connectivity index (χ0) is 17.3. The first kappa shape index (κ1) is 16.2. The van der Waals surface area contributed by atoms with Crippen molar-refractivity contribution >= 4 is 5.91 Å². The predicted molar refractivity (Wildman–Crippen MR) is 84.3 cm³/mol. The Bertz CT molecular complexity index is 772. The number of hydrogen-bond acceptors (Lipinski definition) is 3. The number of halogens is 2. The molecule has 0 atom stereocenters. The third kappa shape index (κ3) is 2.79. The van der Waals surface area contributed by atoms with Crippen LogP contribution in [-0.2, 0) is 13.0 Å². The topological polar surface area (TPSA) is 38.8 Å². The van der Waals surface area contributed by atoms with Crippen molar-refractivity contribution in [2.24, 2.45) is 0 Å². The highest BCUT2D eigenvalue weighted by Crippen LogP contribution is 2.33. The molecule has 0 radical (unpaired) electrons. The molecule has 6 heteroatoms. The highest BCUT2D eigenvalue weighted by Gasteiger charge is 2.27. The molecule has 0 aromatic heterocycles. The largest absolute Gasteiger partial charge is 0.493 e. The predicted octanol–water partition coefficient (Wildman–Crippen LogP) is 3.18. The Morgan fingerprint density at radius 1 is 1.04 bits per heavy atom. The minimum Gasteiger partial charge on any atom is -0.493 e. The van der Waals surface area contributed by atoms with Gasteiger partial charge in [0, 0.05) is 13.1 Å². The van der Waals surface area contributed by atoms with Crippen LogP contribution in [-0.4, -0.2) is 31.6 Å². The molecule has 0 spiro atoms. The third-order valence-corrected chi connectivity index (χ3v) is 4.18. The van der Waals surface area contributed by atoms with Gasteiger partial charge in [0.2, 0.25) is 0 Å². The molecule has 0 aliphatic carbocycles. The van der Waals surface area contributed by atoms with Crippen LogP contribution >= 0.6 is 0 Å². The number of carbonyl (C=O) groups excluding carboxylic acids is 1. The van der Waals surface area contributed by atoms with Gasteiger partial charge >= 0.3 is 0 Å². The Morgan fingerprint density at radius 2 is 1.62 bits per heavy atom. The number of carbonyl (C=O) groups is 1. The van der Waals surface area contributed by atoms with E-state index in [-0.39, 0.29) is 6.54 Å². The number of benzene rings is 2. The summed E-state index contributed by atoms with van der Waals surface area (Å²) < 4.78 is 38.2. The van der Waals surface area contributed by atoms with Crippen molar-refractivity contribution in [3.05, 3.63) is 58.7 Å². The van der Waals surface area contributed by atoms with Gasteiger partial charge in [-0.3, -0.25) is 4.79 Å². The van der Waals surface area contributed by atoms with Gasteiger partial charge in [0.15, 0.2) is 11.5 Å². The zero-order valence-electron chi connectivity index (χ0n) is 13.4. The van der Waals surface area contributed by atoms with Gasteiger partial charge in [-0.1, -0.05) is 6.07 Å². The molecule has 1 amide bonds. The second-order valence-electron chi connectivity index (χ2n) is 5.55. The first-order valence-corrected chi connectivity index (χ1v) is 7.52. The molecule has 2 aromatic carbocycles. The van der Waals surface area contributed by atoms with E-state index in [0.717, 1.165) is 23.3 Å². The van der Waals surface area contributed by atoms with Crippen LogP contribution < -0.4 is 9.47 Å². The van der Waals surface area contributed by atoms with E-state index in [0.29, 0.717) is 24.5 Å².